The summed E-state index contributed by atoms with van der Waals surface area (Å²) in [6, 6.07) is 8.53. The Morgan fingerprint density at radius 2 is 2.26 bits per heavy atom. The van der Waals surface area contributed by atoms with E-state index in [-0.39, 0.29) is 6.04 Å². The highest BCUT2D eigenvalue weighted by Gasteiger charge is 2.07. The summed E-state index contributed by atoms with van der Waals surface area (Å²) in [7, 11) is 0. The molecule has 3 rings (SSSR count). The molecule has 19 heavy (non-hydrogen) atoms. The molecular formula is C14H14N4S. The van der Waals surface area contributed by atoms with Gasteiger partial charge in [-0.05, 0) is 25.1 Å². The highest BCUT2D eigenvalue weighted by atomic mass is 32.1. The number of rotatable bonds is 4. The van der Waals surface area contributed by atoms with Gasteiger partial charge in [0.05, 0.1) is 17.9 Å². The molecule has 0 aliphatic carbocycles. The van der Waals surface area contributed by atoms with Gasteiger partial charge in [0.15, 0.2) is 0 Å². The van der Waals surface area contributed by atoms with E-state index in [9.17, 15) is 0 Å². The van der Waals surface area contributed by atoms with Crippen LogP contribution in [0.3, 0.4) is 0 Å². The van der Waals surface area contributed by atoms with Crippen LogP contribution in [-0.4, -0.2) is 14.5 Å². The predicted molar refractivity (Wildman–Crippen MR) is 77.7 cm³/mol. The fourth-order valence-electron chi connectivity index (χ4n) is 1.93. The molecule has 1 atom stereocenters. The quantitative estimate of drug-likeness (QED) is 0.789. The SMILES string of the molecule is CC(Nc1cccc(-n2ccnc2)c1)c1cncs1. The molecule has 2 heterocycles. The number of hydrogen-bond donors (Lipinski definition) is 1. The molecule has 0 bridgehead atoms. The lowest BCUT2D eigenvalue weighted by Crippen LogP contribution is -2.05. The zero-order valence-corrected chi connectivity index (χ0v) is 11.3. The van der Waals surface area contributed by atoms with Crippen molar-refractivity contribution in [3.63, 3.8) is 0 Å². The number of nitrogens with one attached hydrogen (secondary N) is 1. The summed E-state index contributed by atoms with van der Waals surface area (Å²) in [5.74, 6) is 0. The zero-order valence-electron chi connectivity index (χ0n) is 10.5. The summed E-state index contributed by atoms with van der Waals surface area (Å²) in [4.78, 5) is 9.40. The second-order valence-corrected chi connectivity index (χ2v) is 5.21. The lowest BCUT2D eigenvalue weighted by molar-refractivity contribution is 0.902. The van der Waals surface area contributed by atoms with E-state index in [1.165, 1.54) is 4.88 Å². The van der Waals surface area contributed by atoms with Crippen LogP contribution in [0.4, 0.5) is 5.69 Å². The molecule has 5 heteroatoms. The van der Waals surface area contributed by atoms with E-state index in [4.69, 9.17) is 0 Å². The predicted octanol–water partition coefficient (Wildman–Crippen LogP) is 3.50. The topological polar surface area (TPSA) is 42.7 Å². The van der Waals surface area contributed by atoms with Gasteiger partial charge < -0.3 is 9.88 Å². The summed E-state index contributed by atoms with van der Waals surface area (Å²) in [5, 5.41) is 3.48. The van der Waals surface area contributed by atoms with E-state index in [0.29, 0.717) is 0 Å². The highest BCUT2D eigenvalue weighted by Crippen LogP contribution is 2.23. The molecule has 1 unspecified atom stereocenters. The maximum atomic E-state index is 4.11. The Labute approximate surface area is 115 Å². The van der Waals surface area contributed by atoms with Crippen LogP contribution in [0.2, 0.25) is 0 Å². The minimum Gasteiger partial charge on any atom is -0.378 e. The smallest absolute Gasteiger partial charge is 0.0991 e. The first-order valence-corrected chi connectivity index (χ1v) is 6.94. The Morgan fingerprint density at radius 3 is 3.00 bits per heavy atom. The van der Waals surface area contributed by atoms with Crippen LogP contribution in [0.1, 0.15) is 17.8 Å². The van der Waals surface area contributed by atoms with Crippen molar-refractivity contribution in [3.05, 3.63) is 59.6 Å². The third-order valence-corrected chi connectivity index (χ3v) is 3.87. The van der Waals surface area contributed by atoms with Gasteiger partial charge in [0.2, 0.25) is 0 Å². The van der Waals surface area contributed by atoms with Crippen molar-refractivity contribution in [3.8, 4) is 5.69 Å². The average Bonchev–Trinajstić information content (AvgIpc) is 3.13. The highest BCUT2D eigenvalue weighted by molar-refractivity contribution is 7.09. The number of aromatic nitrogens is 3. The number of imidazole rings is 1. The third-order valence-electron chi connectivity index (χ3n) is 2.91. The first kappa shape index (κ1) is 11.9. The maximum absolute atomic E-state index is 4.11. The number of anilines is 1. The number of nitrogens with zero attached hydrogens (tertiary/aromatic N) is 3. The molecule has 0 saturated carbocycles. The van der Waals surface area contributed by atoms with Crippen molar-refractivity contribution < 1.29 is 0 Å². The van der Waals surface area contributed by atoms with Crippen LogP contribution in [0.25, 0.3) is 5.69 Å². The van der Waals surface area contributed by atoms with Crippen LogP contribution in [0.15, 0.2) is 54.7 Å². The number of hydrogen-bond acceptors (Lipinski definition) is 4. The molecule has 0 saturated heterocycles. The molecule has 0 radical (unpaired) electrons. The van der Waals surface area contributed by atoms with Gasteiger partial charge in [0, 0.05) is 34.8 Å². The van der Waals surface area contributed by atoms with Gasteiger partial charge in [-0.3, -0.25) is 4.98 Å². The van der Waals surface area contributed by atoms with E-state index < -0.39 is 0 Å². The Bertz CT molecular complexity index is 631. The summed E-state index contributed by atoms with van der Waals surface area (Å²) in [5.41, 5.74) is 4.04. The minimum absolute atomic E-state index is 0.255. The third kappa shape index (κ3) is 2.66. The summed E-state index contributed by atoms with van der Waals surface area (Å²) in [6.07, 6.45) is 7.42. The molecule has 0 aliphatic rings. The van der Waals surface area contributed by atoms with E-state index in [1.807, 2.05) is 28.5 Å². The normalized spacial score (nSPS) is 12.3. The van der Waals surface area contributed by atoms with E-state index >= 15 is 0 Å². The molecule has 2 aromatic heterocycles. The molecule has 1 aromatic carbocycles. The van der Waals surface area contributed by atoms with Crippen molar-refractivity contribution in [2.24, 2.45) is 0 Å². The van der Waals surface area contributed by atoms with Gasteiger partial charge in [0.25, 0.3) is 0 Å². The van der Waals surface area contributed by atoms with Crippen LogP contribution in [0, 0.1) is 0 Å². The summed E-state index contributed by atoms with van der Waals surface area (Å²) < 4.78 is 1.99. The molecule has 4 nitrogen and oxygen atoms in total. The molecule has 0 fully saturated rings. The zero-order chi connectivity index (χ0) is 13.1. The number of thiazole rings is 1. The first-order valence-electron chi connectivity index (χ1n) is 6.06. The standard InChI is InChI=1S/C14H14N4S/c1-11(14-8-16-10-19-14)17-12-3-2-4-13(7-12)18-6-5-15-9-18/h2-11,17H,1H3. The molecule has 0 aliphatic heterocycles. The Kier molecular flexibility index (Phi) is 3.29. The Morgan fingerprint density at radius 1 is 1.32 bits per heavy atom. The molecule has 0 spiro atoms. The second-order valence-electron chi connectivity index (χ2n) is 4.29. The average molecular weight is 270 g/mol. The van der Waals surface area contributed by atoms with Gasteiger partial charge in [-0.15, -0.1) is 11.3 Å². The molecule has 96 valence electrons. The molecular weight excluding hydrogens is 256 g/mol. The first-order chi connectivity index (χ1) is 9.33. The van der Waals surface area contributed by atoms with E-state index in [1.54, 1.807) is 23.9 Å². The van der Waals surface area contributed by atoms with Crippen molar-refractivity contribution in [2.75, 3.05) is 5.32 Å². The van der Waals surface area contributed by atoms with Gasteiger partial charge in [-0.2, -0.15) is 0 Å². The minimum atomic E-state index is 0.255. The summed E-state index contributed by atoms with van der Waals surface area (Å²) in [6.45, 7) is 2.14. The Hall–Kier alpha value is -2.14. The van der Waals surface area contributed by atoms with Crippen LogP contribution < -0.4 is 5.32 Å². The fraction of sp³-hybridized carbons (Fsp3) is 0.143. The summed E-state index contributed by atoms with van der Waals surface area (Å²) >= 11 is 1.66. The van der Waals surface area contributed by atoms with Crippen molar-refractivity contribution in [1.82, 2.24) is 14.5 Å². The molecule has 0 amide bonds. The van der Waals surface area contributed by atoms with Crippen LogP contribution >= 0.6 is 11.3 Å². The monoisotopic (exact) mass is 270 g/mol. The van der Waals surface area contributed by atoms with Gasteiger partial charge in [0.1, 0.15) is 0 Å². The second kappa shape index (κ2) is 5.24. The number of benzene rings is 1. The van der Waals surface area contributed by atoms with E-state index in [0.717, 1.165) is 11.4 Å². The van der Waals surface area contributed by atoms with Gasteiger partial charge in [-0.1, -0.05) is 6.07 Å². The molecule has 1 N–H and O–H groups in total. The van der Waals surface area contributed by atoms with Crippen molar-refractivity contribution in [2.45, 2.75) is 13.0 Å². The fourth-order valence-corrected chi connectivity index (χ4v) is 2.56. The van der Waals surface area contributed by atoms with Crippen LogP contribution in [0.5, 0.6) is 0 Å². The van der Waals surface area contributed by atoms with Crippen molar-refractivity contribution >= 4 is 17.0 Å². The largest absolute Gasteiger partial charge is 0.378 e. The molecule has 3 aromatic rings. The van der Waals surface area contributed by atoms with E-state index in [2.05, 4.69) is 40.4 Å². The maximum Gasteiger partial charge on any atom is 0.0991 e. The van der Waals surface area contributed by atoms with Gasteiger partial charge >= 0.3 is 0 Å². The Balaban J connectivity index is 1.80. The van der Waals surface area contributed by atoms with Gasteiger partial charge in [-0.25, -0.2) is 4.98 Å². The lowest BCUT2D eigenvalue weighted by Gasteiger charge is -2.14. The van der Waals surface area contributed by atoms with Crippen LogP contribution in [-0.2, 0) is 0 Å². The lowest BCUT2D eigenvalue weighted by atomic mass is 10.2. The van der Waals surface area contributed by atoms with Crippen molar-refractivity contribution in [1.29, 1.82) is 0 Å².